The van der Waals surface area contributed by atoms with Gasteiger partial charge < -0.3 is 10.2 Å². The van der Waals surface area contributed by atoms with E-state index in [2.05, 4.69) is 102 Å². The molecule has 0 aliphatic heterocycles. The second-order valence-electron chi connectivity index (χ2n) is 23.4. The first-order valence-corrected chi connectivity index (χ1v) is 33.9. The molecule has 0 aromatic heterocycles. The van der Waals surface area contributed by atoms with Crippen LogP contribution in [0.4, 0.5) is 11.4 Å². The number of hydrogen-bond acceptors (Lipinski definition) is 4. The number of benzene rings is 3. The van der Waals surface area contributed by atoms with Crippen LogP contribution in [0.1, 0.15) is 333 Å². The van der Waals surface area contributed by atoms with Gasteiger partial charge in [0.1, 0.15) is 0 Å². The molecule has 0 atom stereocenters. The molecule has 3 aromatic rings. The van der Waals surface area contributed by atoms with E-state index < -0.39 is 0 Å². The van der Waals surface area contributed by atoms with Gasteiger partial charge in [-0.15, -0.1) is 11.5 Å². The summed E-state index contributed by atoms with van der Waals surface area (Å²) in [7, 11) is 0. The van der Waals surface area contributed by atoms with Crippen LogP contribution in [0.25, 0.3) is 0 Å². The van der Waals surface area contributed by atoms with Crippen molar-refractivity contribution in [3.63, 3.8) is 0 Å². The van der Waals surface area contributed by atoms with E-state index in [-0.39, 0.29) is 28.0 Å². The normalized spacial score (nSPS) is 11.7. The summed E-state index contributed by atoms with van der Waals surface area (Å²) >= 11 is 0. The van der Waals surface area contributed by atoms with Gasteiger partial charge in [-0.2, -0.15) is 0 Å². The molecule has 0 amide bonds. The standard InChI is InChI=1S/C57H96N2.C17H28O2.Ni/c1-4-7-10-13-16-18-20-22-24-26-28-30-33-35-38-41-53-44-48-55(49-45-53)58-52-57(43-40-37-32-15-12-9-6-3)59-56-50-46-54(47-51-56)42-39-36-34-31-29-27-25-23-21-19-17-14-11-8-5-2;1-4-7-8-11-14-12-13(9-5-2)15(10-6-3)17(19)16(14)18;/h40,43-52H,4-39,41-42H2,1-3H3;12,18-19H,4-11H2,1-3H3;/q;;+2/p-2. The fraction of sp³-hybridized carbons (Fsp3) is 0.703. The van der Waals surface area contributed by atoms with Crippen molar-refractivity contribution < 1.29 is 26.7 Å². The first-order chi connectivity index (χ1) is 38.4. The van der Waals surface area contributed by atoms with Crippen LogP contribution < -0.4 is 10.2 Å². The Hall–Kier alpha value is -3.17. The Morgan fingerprint density at radius 2 is 0.709 bits per heavy atom. The van der Waals surface area contributed by atoms with Crippen molar-refractivity contribution in [2.24, 2.45) is 9.98 Å². The van der Waals surface area contributed by atoms with Gasteiger partial charge in [-0.3, -0.25) is 4.99 Å². The molecular weight excluding hydrogens is 1010 g/mol. The van der Waals surface area contributed by atoms with Gasteiger partial charge in [-0.25, -0.2) is 4.99 Å². The van der Waals surface area contributed by atoms with Gasteiger partial charge in [-0.05, 0) is 111 Å². The molecule has 0 fully saturated rings. The van der Waals surface area contributed by atoms with Gasteiger partial charge in [0.05, 0.1) is 23.3 Å². The molecule has 79 heavy (non-hydrogen) atoms. The SMILES string of the molecule is CCCCCCCC=CC(C=Nc1ccc(CCCCCCCCCCCCCCCCC)cc1)=Nc1ccc(CCCCCCCCCCCCCCCCC)cc1.CCCCCc1cc(CCC)c(CCC)c([O-])c1[O-].[Ni+2]. The summed E-state index contributed by atoms with van der Waals surface area (Å²) in [4.78, 5) is 9.92. The topological polar surface area (TPSA) is 70.8 Å². The minimum absolute atomic E-state index is 0. The molecule has 3 rings (SSSR count). The Morgan fingerprint density at radius 1 is 0.354 bits per heavy atom. The van der Waals surface area contributed by atoms with Crippen LogP contribution in [0.15, 0.2) is 76.7 Å². The summed E-state index contributed by atoms with van der Waals surface area (Å²) in [5, 5.41) is 24.3. The zero-order valence-electron chi connectivity index (χ0n) is 52.5. The van der Waals surface area contributed by atoms with Crippen molar-refractivity contribution >= 4 is 23.3 Å². The van der Waals surface area contributed by atoms with Crippen molar-refractivity contribution in [1.29, 1.82) is 0 Å². The van der Waals surface area contributed by atoms with Gasteiger partial charge in [0.2, 0.25) is 0 Å². The van der Waals surface area contributed by atoms with Crippen LogP contribution in [0, 0.1) is 0 Å². The number of rotatable bonds is 50. The molecule has 3 aromatic carbocycles. The predicted molar refractivity (Wildman–Crippen MR) is 344 cm³/mol. The first kappa shape index (κ1) is 73.8. The van der Waals surface area contributed by atoms with E-state index in [1.807, 2.05) is 12.3 Å². The van der Waals surface area contributed by atoms with Crippen LogP contribution in [-0.2, 0) is 48.6 Å². The van der Waals surface area contributed by atoms with Crippen LogP contribution in [0.2, 0.25) is 0 Å². The summed E-state index contributed by atoms with van der Waals surface area (Å²) in [6.45, 7) is 13.2. The number of aliphatic imine (C=N–C) groups is 2. The van der Waals surface area contributed by atoms with Gasteiger partial charge in [0.15, 0.2) is 0 Å². The van der Waals surface area contributed by atoms with E-state index >= 15 is 0 Å². The molecule has 0 aliphatic carbocycles. The fourth-order valence-corrected chi connectivity index (χ4v) is 10.9. The Morgan fingerprint density at radius 3 is 1.11 bits per heavy atom. The average molecular weight is 1130 g/mol. The molecule has 0 spiro atoms. The molecule has 0 heterocycles. The first-order valence-electron chi connectivity index (χ1n) is 33.9. The van der Waals surface area contributed by atoms with E-state index in [0.29, 0.717) is 0 Å². The molecule has 0 saturated heterocycles. The number of aryl methyl sites for hydroxylation is 4. The summed E-state index contributed by atoms with van der Waals surface area (Å²) in [5.41, 5.74) is 8.43. The van der Waals surface area contributed by atoms with Crippen molar-refractivity contribution in [3.05, 3.63) is 94.6 Å². The monoisotopic (exact) mass is 1130 g/mol. The van der Waals surface area contributed by atoms with Crippen molar-refractivity contribution in [3.8, 4) is 11.5 Å². The van der Waals surface area contributed by atoms with Crippen LogP contribution in [-0.4, -0.2) is 11.9 Å². The largest absolute Gasteiger partial charge is 2.00 e. The van der Waals surface area contributed by atoms with Gasteiger partial charge in [0, 0.05) is 0 Å². The van der Waals surface area contributed by atoms with E-state index in [9.17, 15) is 10.2 Å². The molecule has 0 unspecified atom stereocenters. The van der Waals surface area contributed by atoms with Gasteiger partial charge >= 0.3 is 16.5 Å². The van der Waals surface area contributed by atoms with Crippen LogP contribution in [0.3, 0.4) is 0 Å². The average Bonchev–Trinajstić information content (AvgIpc) is 3.45. The molecule has 5 heteroatoms. The predicted octanol–water partition coefficient (Wildman–Crippen LogP) is 23.4. The minimum Gasteiger partial charge on any atom is -0.873 e. The molecule has 0 bridgehead atoms. The molecular formula is C74H122N2NiO2. The zero-order chi connectivity index (χ0) is 56.2. The fourth-order valence-electron chi connectivity index (χ4n) is 10.9. The molecule has 450 valence electrons. The molecule has 0 radical (unpaired) electrons. The Bertz CT molecular complexity index is 1900. The second-order valence-corrected chi connectivity index (χ2v) is 23.4. The van der Waals surface area contributed by atoms with E-state index in [1.54, 1.807) is 0 Å². The number of unbranched alkanes of at least 4 members (excludes halogenated alkanes) is 35. The van der Waals surface area contributed by atoms with E-state index in [4.69, 9.17) is 9.98 Å². The molecule has 0 aliphatic rings. The summed E-state index contributed by atoms with van der Waals surface area (Å²) in [6, 6.07) is 19.9. The summed E-state index contributed by atoms with van der Waals surface area (Å²) in [5.74, 6) is -0.487. The quantitative estimate of drug-likeness (QED) is 0.0321. The Kier molecular flexibility index (Phi) is 50.6. The number of allylic oxidation sites excluding steroid dienone is 2. The summed E-state index contributed by atoms with van der Waals surface area (Å²) in [6.07, 6.45) is 66.4. The van der Waals surface area contributed by atoms with E-state index in [0.717, 1.165) is 91.6 Å². The third kappa shape index (κ3) is 39.8. The number of hydrogen-bond donors (Lipinski definition) is 0. The Labute approximate surface area is 500 Å². The molecule has 0 N–H and O–H groups in total. The summed E-state index contributed by atoms with van der Waals surface area (Å²) < 4.78 is 0. The number of nitrogens with zero attached hydrogens (tertiary/aromatic N) is 2. The molecule has 0 saturated carbocycles. The van der Waals surface area contributed by atoms with E-state index in [1.165, 1.54) is 249 Å². The van der Waals surface area contributed by atoms with Crippen LogP contribution in [0.5, 0.6) is 11.5 Å². The minimum atomic E-state index is -0.251. The van der Waals surface area contributed by atoms with Gasteiger partial charge in [0.25, 0.3) is 0 Å². The smallest absolute Gasteiger partial charge is 0.873 e. The zero-order valence-corrected chi connectivity index (χ0v) is 53.5. The third-order valence-corrected chi connectivity index (χ3v) is 16.0. The maximum Gasteiger partial charge on any atom is 2.00 e. The molecule has 4 nitrogen and oxygen atoms in total. The third-order valence-electron chi connectivity index (χ3n) is 16.0. The van der Waals surface area contributed by atoms with Crippen molar-refractivity contribution in [1.82, 2.24) is 0 Å². The maximum atomic E-state index is 12.2. The van der Waals surface area contributed by atoms with Crippen LogP contribution >= 0.6 is 0 Å². The van der Waals surface area contributed by atoms with Crippen molar-refractivity contribution in [2.75, 3.05) is 0 Å². The van der Waals surface area contributed by atoms with Gasteiger partial charge in [-0.1, -0.05) is 320 Å². The Balaban J connectivity index is 0.00000131. The maximum absolute atomic E-state index is 12.2. The van der Waals surface area contributed by atoms with Crippen molar-refractivity contribution in [2.45, 2.75) is 337 Å². The second kappa shape index (κ2) is 54.1.